The van der Waals surface area contributed by atoms with E-state index in [1.165, 1.54) is 18.4 Å². The van der Waals surface area contributed by atoms with Crippen LogP contribution in [-0.4, -0.2) is 54.4 Å². The van der Waals surface area contributed by atoms with Gasteiger partial charge in [-0.2, -0.15) is 0 Å². The fourth-order valence-corrected chi connectivity index (χ4v) is 3.74. The molecular formula is C27H37BrN2O4. The van der Waals surface area contributed by atoms with E-state index in [2.05, 4.69) is 52.5 Å². The maximum absolute atomic E-state index is 11.5. The van der Waals surface area contributed by atoms with Gasteiger partial charge in [-0.05, 0) is 80.8 Å². The molecule has 0 heterocycles. The average molecular weight is 534 g/mol. The van der Waals surface area contributed by atoms with Crippen LogP contribution in [-0.2, 0) is 22.4 Å². The number of carbonyl (C=O) groups excluding carboxylic acids is 1. The predicted molar refractivity (Wildman–Crippen MR) is 140 cm³/mol. The first kappa shape index (κ1) is 26.7. The highest BCUT2D eigenvalue weighted by molar-refractivity contribution is 9.09. The molecule has 7 heteroatoms. The lowest BCUT2D eigenvalue weighted by atomic mass is 9.94. The van der Waals surface area contributed by atoms with E-state index in [4.69, 9.17) is 9.47 Å². The Morgan fingerprint density at radius 3 is 2.44 bits per heavy atom. The minimum absolute atomic E-state index is 0.0735. The monoisotopic (exact) mass is 532 g/mol. The smallest absolute Gasteiger partial charge is 0.235 e. The van der Waals surface area contributed by atoms with E-state index in [0.717, 1.165) is 49.0 Å². The number of alkyl halides is 1. The predicted octanol–water partition coefficient (Wildman–Crippen LogP) is 4.34. The number of aliphatic hydroxyl groups is 1. The molecular weight excluding hydrogens is 496 g/mol. The molecule has 0 aliphatic heterocycles. The second kappa shape index (κ2) is 13.2. The number of carbonyl (C=O) groups is 1. The third kappa shape index (κ3) is 10.1. The first-order valence-corrected chi connectivity index (χ1v) is 13.1. The Hall–Kier alpha value is -1.93. The summed E-state index contributed by atoms with van der Waals surface area (Å²) in [7, 11) is 0. The number of amides is 1. The molecule has 2 aromatic rings. The van der Waals surface area contributed by atoms with Crippen molar-refractivity contribution in [1.29, 1.82) is 0 Å². The number of nitrogens with one attached hydrogen (secondary N) is 2. The summed E-state index contributed by atoms with van der Waals surface area (Å²) in [6.45, 7) is 6.53. The Morgan fingerprint density at radius 1 is 1.12 bits per heavy atom. The number of hydrogen-bond acceptors (Lipinski definition) is 5. The second-order valence-corrected chi connectivity index (χ2v) is 10.3. The van der Waals surface area contributed by atoms with E-state index in [9.17, 15) is 9.90 Å². The van der Waals surface area contributed by atoms with E-state index < -0.39 is 6.10 Å². The highest BCUT2D eigenvalue weighted by Crippen LogP contribution is 2.28. The normalized spacial score (nSPS) is 14.6. The molecule has 3 rings (SSSR count). The summed E-state index contributed by atoms with van der Waals surface area (Å²) in [4.78, 5) is 11.5. The molecule has 1 fully saturated rings. The van der Waals surface area contributed by atoms with Crippen molar-refractivity contribution >= 4 is 27.5 Å². The van der Waals surface area contributed by atoms with Crippen LogP contribution in [0.4, 0.5) is 5.69 Å². The molecule has 0 aromatic heterocycles. The van der Waals surface area contributed by atoms with E-state index in [0.29, 0.717) is 6.54 Å². The van der Waals surface area contributed by atoms with Crippen LogP contribution in [0.5, 0.6) is 5.75 Å². The number of benzene rings is 2. The summed E-state index contributed by atoms with van der Waals surface area (Å²) in [5.74, 6) is 1.48. The molecule has 0 saturated heterocycles. The van der Waals surface area contributed by atoms with Crippen molar-refractivity contribution in [1.82, 2.24) is 5.32 Å². The maximum atomic E-state index is 11.5. The number of aliphatic hydroxyl groups excluding tert-OH is 1. The van der Waals surface area contributed by atoms with Gasteiger partial charge in [-0.1, -0.05) is 40.2 Å². The first-order chi connectivity index (χ1) is 16.3. The zero-order valence-electron chi connectivity index (χ0n) is 20.2. The molecule has 1 aliphatic carbocycles. The third-order valence-electron chi connectivity index (χ3n) is 5.77. The van der Waals surface area contributed by atoms with Crippen LogP contribution in [0, 0.1) is 5.92 Å². The molecule has 1 amide bonds. The van der Waals surface area contributed by atoms with E-state index in [1.54, 1.807) is 0 Å². The molecule has 3 N–H and O–H groups in total. The van der Waals surface area contributed by atoms with Crippen molar-refractivity contribution in [2.75, 3.05) is 37.0 Å². The largest absolute Gasteiger partial charge is 0.491 e. The molecule has 34 heavy (non-hydrogen) atoms. The van der Waals surface area contributed by atoms with Crippen molar-refractivity contribution in [3.8, 4) is 5.75 Å². The summed E-state index contributed by atoms with van der Waals surface area (Å²) in [5.41, 5.74) is 2.95. The molecule has 1 atom stereocenters. The quantitative estimate of drug-likeness (QED) is 0.235. The van der Waals surface area contributed by atoms with Crippen LogP contribution >= 0.6 is 15.9 Å². The van der Waals surface area contributed by atoms with Gasteiger partial charge < -0.3 is 25.2 Å². The Bertz CT molecular complexity index is 883. The van der Waals surface area contributed by atoms with Gasteiger partial charge >= 0.3 is 0 Å². The van der Waals surface area contributed by atoms with Crippen LogP contribution in [0.25, 0.3) is 0 Å². The molecule has 6 nitrogen and oxygen atoms in total. The van der Waals surface area contributed by atoms with Crippen LogP contribution in [0.3, 0.4) is 0 Å². The number of rotatable bonds is 15. The van der Waals surface area contributed by atoms with Crippen LogP contribution in [0.15, 0.2) is 48.5 Å². The van der Waals surface area contributed by atoms with E-state index in [1.807, 2.05) is 36.4 Å². The van der Waals surface area contributed by atoms with Gasteiger partial charge in [0.05, 0.1) is 11.9 Å². The summed E-state index contributed by atoms with van der Waals surface area (Å²) in [6, 6.07) is 15.8. The van der Waals surface area contributed by atoms with Gasteiger partial charge in [-0.15, -0.1) is 0 Å². The van der Waals surface area contributed by atoms with Crippen LogP contribution in [0.1, 0.15) is 37.8 Å². The van der Waals surface area contributed by atoms with Crippen molar-refractivity contribution in [2.24, 2.45) is 5.92 Å². The van der Waals surface area contributed by atoms with Gasteiger partial charge in [-0.25, -0.2) is 0 Å². The van der Waals surface area contributed by atoms with Gasteiger partial charge in [0.1, 0.15) is 18.5 Å². The number of ether oxygens (including phenoxy) is 2. The number of anilines is 1. The minimum Gasteiger partial charge on any atom is -0.491 e. The molecule has 0 spiro atoms. The highest BCUT2D eigenvalue weighted by Gasteiger charge is 2.21. The second-order valence-electron chi connectivity index (χ2n) is 9.70. The lowest BCUT2D eigenvalue weighted by Gasteiger charge is -2.28. The van der Waals surface area contributed by atoms with Crippen molar-refractivity contribution in [3.05, 3.63) is 59.7 Å². The molecule has 1 aliphatic rings. The van der Waals surface area contributed by atoms with Gasteiger partial charge in [0.25, 0.3) is 0 Å². The molecule has 186 valence electrons. The standard InChI is InChI=1S/C27H37BrN2O4/c1-27(2,15-21-5-9-23(10-6-21)30-26(32)16-28)29-17-24(31)19-34-25-11-7-20(8-12-25)13-14-33-18-22-3-4-22/h5-12,22,24,29,31H,3-4,13-19H2,1-2H3,(H,30,32)/t24-/m0/s1. The van der Waals surface area contributed by atoms with Gasteiger partial charge in [0.15, 0.2) is 0 Å². The van der Waals surface area contributed by atoms with Crippen LogP contribution in [0.2, 0.25) is 0 Å². The highest BCUT2D eigenvalue weighted by atomic mass is 79.9. The fraction of sp³-hybridized carbons (Fsp3) is 0.519. The number of β-amino-alcohol motifs (C(OH)–C–C–N with tert-alkyl or cyclic N) is 1. The number of halogens is 1. The SMILES string of the molecule is CC(C)(Cc1ccc(NC(=O)CBr)cc1)NC[C@H](O)COc1ccc(CCOCC2CC2)cc1. The Morgan fingerprint density at radius 2 is 1.79 bits per heavy atom. The Kier molecular flexibility index (Phi) is 10.4. The first-order valence-electron chi connectivity index (χ1n) is 12.0. The lowest BCUT2D eigenvalue weighted by Crippen LogP contribution is -2.46. The summed E-state index contributed by atoms with van der Waals surface area (Å²) < 4.78 is 11.5. The maximum Gasteiger partial charge on any atom is 0.235 e. The van der Waals surface area contributed by atoms with Gasteiger partial charge in [0.2, 0.25) is 5.91 Å². The van der Waals surface area contributed by atoms with Crippen molar-refractivity contribution < 1.29 is 19.4 Å². The zero-order valence-corrected chi connectivity index (χ0v) is 21.8. The summed E-state index contributed by atoms with van der Waals surface area (Å²) >= 11 is 3.14. The van der Waals surface area contributed by atoms with Gasteiger partial charge in [0, 0.05) is 24.4 Å². The minimum atomic E-state index is -0.614. The fourth-order valence-electron chi connectivity index (χ4n) is 3.60. The summed E-state index contributed by atoms with van der Waals surface area (Å²) in [5, 5.41) is 16.9. The summed E-state index contributed by atoms with van der Waals surface area (Å²) in [6.07, 6.45) is 3.72. The topological polar surface area (TPSA) is 79.8 Å². The Labute approximate surface area is 211 Å². The molecule has 2 aromatic carbocycles. The van der Waals surface area contributed by atoms with Crippen LogP contribution < -0.4 is 15.4 Å². The van der Waals surface area contributed by atoms with Gasteiger partial charge in [-0.3, -0.25) is 4.79 Å². The molecule has 0 radical (unpaired) electrons. The van der Waals surface area contributed by atoms with Crippen molar-refractivity contribution in [3.63, 3.8) is 0 Å². The molecule has 1 saturated carbocycles. The van der Waals surface area contributed by atoms with E-state index >= 15 is 0 Å². The zero-order chi connectivity index (χ0) is 24.4. The average Bonchev–Trinajstić information content (AvgIpc) is 3.65. The molecule has 0 unspecified atom stereocenters. The number of hydrogen-bond donors (Lipinski definition) is 3. The van der Waals surface area contributed by atoms with Crippen molar-refractivity contribution in [2.45, 2.75) is 51.2 Å². The van der Waals surface area contributed by atoms with E-state index in [-0.39, 0.29) is 23.4 Å². The lowest BCUT2D eigenvalue weighted by molar-refractivity contribution is -0.113. The third-order valence-corrected chi connectivity index (χ3v) is 6.28. The Balaban J connectivity index is 1.33. The molecule has 0 bridgehead atoms.